The molecule has 0 bridgehead atoms. The SMILES string of the molecule is CCCCNC(=O)c1ccc(Nc2ccccc2C(=O)OCC)nn1. The molecule has 7 heteroatoms. The Kier molecular flexibility index (Phi) is 6.88. The van der Waals surface area contributed by atoms with E-state index in [2.05, 4.69) is 27.8 Å². The molecule has 0 spiro atoms. The van der Waals surface area contributed by atoms with Crippen molar-refractivity contribution >= 4 is 23.4 Å². The third kappa shape index (κ3) is 5.27. The molecule has 25 heavy (non-hydrogen) atoms. The summed E-state index contributed by atoms with van der Waals surface area (Å²) in [6, 6.07) is 10.2. The summed E-state index contributed by atoms with van der Waals surface area (Å²) < 4.78 is 5.04. The van der Waals surface area contributed by atoms with Crippen molar-refractivity contribution in [3.8, 4) is 0 Å². The van der Waals surface area contributed by atoms with Crippen LogP contribution in [0.15, 0.2) is 36.4 Å². The number of anilines is 2. The van der Waals surface area contributed by atoms with Crippen molar-refractivity contribution < 1.29 is 14.3 Å². The zero-order valence-corrected chi connectivity index (χ0v) is 14.4. The summed E-state index contributed by atoms with van der Waals surface area (Å²) in [6.07, 6.45) is 1.93. The van der Waals surface area contributed by atoms with Crippen LogP contribution in [-0.4, -0.2) is 35.2 Å². The molecule has 0 saturated carbocycles. The van der Waals surface area contributed by atoms with E-state index in [4.69, 9.17) is 4.74 Å². The standard InChI is InChI=1S/C18H22N4O3/c1-3-5-12-19-17(23)15-10-11-16(22-21-15)20-14-9-7-6-8-13(14)18(24)25-4-2/h6-11H,3-5,12H2,1-2H3,(H,19,23)(H,20,22). The molecule has 0 saturated heterocycles. The highest BCUT2D eigenvalue weighted by molar-refractivity contribution is 5.96. The summed E-state index contributed by atoms with van der Waals surface area (Å²) in [4.78, 5) is 23.9. The number of para-hydroxylation sites is 1. The van der Waals surface area contributed by atoms with E-state index in [0.29, 0.717) is 30.2 Å². The molecule has 7 nitrogen and oxygen atoms in total. The second kappa shape index (κ2) is 9.36. The van der Waals surface area contributed by atoms with Gasteiger partial charge < -0.3 is 15.4 Å². The third-order valence-corrected chi connectivity index (χ3v) is 3.40. The molecule has 0 atom stereocenters. The number of ether oxygens (including phenoxy) is 1. The second-order valence-corrected chi connectivity index (χ2v) is 5.30. The minimum absolute atomic E-state index is 0.250. The molecule has 0 radical (unpaired) electrons. The lowest BCUT2D eigenvalue weighted by Gasteiger charge is -2.10. The molecule has 2 aromatic rings. The highest BCUT2D eigenvalue weighted by Gasteiger charge is 2.13. The Morgan fingerprint density at radius 1 is 1.08 bits per heavy atom. The van der Waals surface area contributed by atoms with Crippen LogP contribution in [0.3, 0.4) is 0 Å². The first kappa shape index (κ1) is 18.4. The number of hydrogen-bond acceptors (Lipinski definition) is 6. The van der Waals surface area contributed by atoms with E-state index < -0.39 is 5.97 Å². The van der Waals surface area contributed by atoms with Gasteiger partial charge in [0.25, 0.3) is 5.91 Å². The summed E-state index contributed by atoms with van der Waals surface area (Å²) in [5, 5.41) is 13.7. The summed E-state index contributed by atoms with van der Waals surface area (Å²) in [7, 11) is 0. The van der Waals surface area contributed by atoms with Crippen LogP contribution >= 0.6 is 0 Å². The number of unbranched alkanes of at least 4 members (excludes halogenated alkanes) is 1. The van der Waals surface area contributed by atoms with Gasteiger partial charge in [-0.2, -0.15) is 0 Å². The van der Waals surface area contributed by atoms with E-state index in [1.165, 1.54) is 0 Å². The molecule has 0 fully saturated rings. The van der Waals surface area contributed by atoms with E-state index in [1.807, 2.05) is 0 Å². The van der Waals surface area contributed by atoms with Crippen LogP contribution in [-0.2, 0) is 4.74 Å². The van der Waals surface area contributed by atoms with Gasteiger partial charge >= 0.3 is 5.97 Å². The Morgan fingerprint density at radius 2 is 1.88 bits per heavy atom. The molecule has 0 aliphatic rings. The Morgan fingerprint density at radius 3 is 2.56 bits per heavy atom. The number of nitrogens with zero attached hydrogens (tertiary/aromatic N) is 2. The zero-order chi connectivity index (χ0) is 18.1. The number of esters is 1. The van der Waals surface area contributed by atoms with Crippen molar-refractivity contribution in [2.45, 2.75) is 26.7 Å². The van der Waals surface area contributed by atoms with E-state index in [-0.39, 0.29) is 11.6 Å². The topological polar surface area (TPSA) is 93.2 Å². The van der Waals surface area contributed by atoms with Crippen LogP contribution < -0.4 is 10.6 Å². The average molecular weight is 342 g/mol. The molecule has 0 aliphatic heterocycles. The summed E-state index contributed by atoms with van der Waals surface area (Å²) in [5.41, 5.74) is 1.23. The van der Waals surface area contributed by atoms with E-state index in [1.54, 1.807) is 43.3 Å². The van der Waals surface area contributed by atoms with Gasteiger partial charge in [-0.25, -0.2) is 4.79 Å². The van der Waals surface area contributed by atoms with Gasteiger partial charge in [0, 0.05) is 6.54 Å². The Bertz CT molecular complexity index is 717. The zero-order valence-electron chi connectivity index (χ0n) is 14.4. The van der Waals surface area contributed by atoms with Gasteiger partial charge in [0.1, 0.15) is 0 Å². The Hall–Kier alpha value is -2.96. The van der Waals surface area contributed by atoms with Crippen molar-refractivity contribution in [3.05, 3.63) is 47.7 Å². The minimum atomic E-state index is -0.412. The quantitative estimate of drug-likeness (QED) is 0.566. The summed E-state index contributed by atoms with van der Waals surface area (Å²) >= 11 is 0. The number of aromatic nitrogens is 2. The van der Waals surface area contributed by atoms with Crippen molar-refractivity contribution in [2.75, 3.05) is 18.5 Å². The molecule has 2 rings (SSSR count). The largest absolute Gasteiger partial charge is 0.462 e. The molecule has 1 aromatic heterocycles. The number of carbonyl (C=O) groups excluding carboxylic acids is 2. The first-order chi connectivity index (χ1) is 12.2. The summed E-state index contributed by atoms with van der Waals surface area (Å²) in [6.45, 7) is 4.73. The normalized spacial score (nSPS) is 10.2. The second-order valence-electron chi connectivity index (χ2n) is 5.30. The van der Waals surface area contributed by atoms with E-state index in [0.717, 1.165) is 12.8 Å². The summed E-state index contributed by atoms with van der Waals surface area (Å²) in [5.74, 6) is -0.230. The average Bonchev–Trinajstić information content (AvgIpc) is 2.63. The number of carbonyl (C=O) groups is 2. The van der Waals surface area contributed by atoms with Gasteiger partial charge in [0.05, 0.1) is 17.9 Å². The predicted octanol–water partition coefficient (Wildman–Crippen LogP) is 2.93. The third-order valence-electron chi connectivity index (χ3n) is 3.40. The molecule has 1 aromatic carbocycles. The van der Waals surface area contributed by atoms with Crippen LogP contribution in [0.5, 0.6) is 0 Å². The first-order valence-electron chi connectivity index (χ1n) is 8.30. The maximum atomic E-state index is 12.0. The van der Waals surface area contributed by atoms with Crippen molar-refractivity contribution in [3.63, 3.8) is 0 Å². The first-order valence-corrected chi connectivity index (χ1v) is 8.30. The molecule has 2 N–H and O–H groups in total. The van der Waals surface area contributed by atoms with Gasteiger partial charge in [0.15, 0.2) is 11.5 Å². The molecule has 1 heterocycles. The van der Waals surface area contributed by atoms with E-state index >= 15 is 0 Å². The van der Waals surface area contributed by atoms with Gasteiger partial charge in [-0.15, -0.1) is 10.2 Å². The minimum Gasteiger partial charge on any atom is -0.462 e. The predicted molar refractivity (Wildman–Crippen MR) is 95.0 cm³/mol. The van der Waals surface area contributed by atoms with Crippen LogP contribution in [0, 0.1) is 0 Å². The fourth-order valence-corrected chi connectivity index (χ4v) is 2.11. The molecular weight excluding hydrogens is 320 g/mol. The van der Waals surface area contributed by atoms with Crippen LogP contribution in [0.1, 0.15) is 47.5 Å². The number of rotatable bonds is 8. The van der Waals surface area contributed by atoms with Gasteiger partial charge in [0.2, 0.25) is 0 Å². The highest BCUT2D eigenvalue weighted by atomic mass is 16.5. The van der Waals surface area contributed by atoms with Crippen LogP contribution in [0.4, 0.5) is 11.5 Å². The number of benzene rings is 1. The van der Waals surface area contributed by atoms with E-state index in [9.17, 15) is 9.59 Å². The Labute approximate surface area is 146 Å². The van der Waals surface area contributed by atoms with Crippen LogP contribution in [0.2, 0.25) is 0 Å². The maximum absolute atomic E-state index is 12.0. The molecule has 132 valence electrons. The number of nitrogens with one attached hydrogen (secondary N) is 2. The van der Waals surface area contributed by atoms with Gasteiger partial charge in [-0.3, -0.25) is 4.79 Å². The van der Waals surface area contributed by atoms with Crippen molar-refractivity contribution in [1.29, 1.82) is 0 Å². The number of amides is 1. The monoisotopic (exact) mass is 342 g/mol. The highest BCUT2D eigenvalue weighted by Crippen LogP contribution is 2.20. The lowest BCUT2D eigenvalue weighted by Crippen LogP contribution is -2.25. The Balaban J connectivity index is 2.07. The fraction of sp³-hybridized carbons (Fsp3) is 0.333. The molecule has 0 aliphatic carbocycles. The lowest BCUT2D eigenvalue weighted by atomic mass is 10.2. The van der Waals surface area contributed by atoms with Gasteiger partial charge in [-0.1, -0.05) is 25.5 Å². The smallest absolute Gasteiger partial charge is 0.340 e. The molecule has 0 unspecified atom stereocenters. The van der Waals surface area contributed by atoms with Crippen LogP contribution in [0.25, 0.3) is 0 Å². The molecule has 1 amide bonds. The maximum Gasteiger partial charge on any atom is 0.340 e. The lowest BCUT2D eigenvalue weighted by molar-refractivity contribution is 0.0527. The van der Waals surface area contributed by atoms with Gasteiger partial charge in [-0.05, 0) is 37.6 Å². The molecular formula is C18H22N4O3. The van der Waals surface area contributed by atoms with Crippen molar-refractivity contribution in [2.24, 2.45) is 0 Å². The fourth-order valence-electron chi connectivity index (χ4n) is 2.11. The number of hydrogen-bond donors (Lipinski definition) is 2. The van der Waals surface area contributed by atoms with Crippen molar-refractivity contribution in [1.82, 2.24) is 15.5 Å².